The number of esters is 1. The van der Waals surface area contributed by atoms with E-state index in [0.29, 0.717) is 12.1 Å². The molecule has 0 saturated heterocycles. The zero-order chi connectivity index (χ0) is 26.4. The maximum Gasteiger partial charge on any atom is 0.341 e. The lowest BCUT2D eigenvalue weighted by atomic mass is 10.1. The topological polar surface area (TPSA) is 111 Å². The predicted octanol–water partition coefficient (Wildman–Crippen LogP) is 6.13. The average molecular weight is 519 g/mol. The first-order valence-corrected chi connectivity index (χ1v) is 13.1. The summed E-state index contributed by atoms with van der Waals surface area (Å²) in [4.78, 5) is 25.3. The van der Waals surface area contributed by atoms with Crippen molar-refractivity contribution in [2.24, 2.45) is 0 Å². The summed E-state index contributed by atoms with van der Waals surface area (Å²) in [6.07, 6.45) is 0.595. The molecule has 0 aliphatic carbocycles. The highest BCUT2D eigenvalue weighted by molar-refractivity contribution is 7.87. The molecule has 0 bridgehead atoms. The number of anilines is 2. The largest absolute Gasteiger partial charge is 0.462 e. The molecule has 2 N–H and O–H groups in total. The number of ether oxygens (including phenoxy) is 1. The SMILES string of the molecule is CCCOC(=O)c1ccc(NC(=O)Nc2cccc3ccccc23)cc1OS(=O)(=O)c1ccc(C)cc1. The van der Waals surface area contributed by atoms with Crippen LogP contribution >= 0.6 is 0 Å². The minimum absolute atomic E-state index is 0.0713. The van der Waals surface area contributed by atoms with Crippen LogP contribution in [-0.2, 0) is 14.9 Å². The van der Waals surface area contributed by atoms with Gasteiger partial charge in [0.25, 0.3) is 0 Å². The van der Waals surface area contributed by atoms with Gasteiger partial charge in [-0.2, -0.15) is 8.42 Å². The second-order valence-electron chi connectivity index (χ2n) is 8.30. The Bertz CT molecular complexity index is 1540. The van der Waals surface area contributed by atoms with Gasteiger partial charge >= 0.3 is 22.1 Å². The van der Waals surface area contributed by atoms with Gasteiger partial charge in [0.1, 0.15) is 10.5 Å². The van der Waals surface area contributed by atoms with E-state index in [-0.39, 0.29) is 28.5 Å². The molecule has 0 aliphatic heterocycles. The first-order valence-electron chi connectivity index (χ1n) is 11.6. The quantitative estimate of drug-likeness (QED) is 0.215. The first kappa shape index (κ1) is 25.7. The third kappa shape index (κ3) is 6.25. The van der Waals surface area contributed by atoms with Crippen molar-refractivity contribution in [1.82, 2.24) is 0 Å². The molecule has 0 heterocycles. The minimum Gasteiger partial charge on any atom is -0.462 e. The van der Waals surface area contributed by atoms with Gasteiger partial charge in [0.2, 0.25) is 0 Å². The van der Waals surface area contributed by atoms with Gasteiger partial charge in [-0.3, -0.25) is 0 Å². The van der Waals surface area contributed by atoms with E-state index in [1.165, 1.54) is 30.3 Å². The molecule has 4 aromatic rings. The molecule has 8 nitrogen and oxygen atoms in total. The van der Waals surface area contributed by atoms with Gasteiger partial charge in [0.05, 0.1) is 12.3 Å². The summed E-state index contributed by atoms with van der Waals surface area (Å²) in [7, 11) is -4.26. The molecule has 0 atom stereocenters. The van der Waals surface area contributed by atoms with Crippen molar-refractivity contribution in [2.45, 2.75) is 25.2 Å². The van der Waals surface area contributed by atoms with E-state index < -0.39 is 22.1 Å². The normalized spacial score (nSPS) is 11.1. The van der Waals surface area contributed by atoms with Crippen LogP contribution in [0.1, 0.15) is 29.3 Å². The molecule has 190 valence electrons. The molecular weight excluding hydrogens is 492 g/mol. The fourth-order valence-corrected chi connectivity index (χ4v) is 4.54. The number of fused-ring (bicyclic) bond motifs is 1. The highest BCUT2D eigenvalue weighted by Gasteiger charge is 2.23. The van der Waals surface area contributed by atoms with Crippen LogP contribution < -0.4 is 14.8 Å². The maximum atomic E-state index is 12.9. The van der Waals surface area contributed by atoms with Crippen molar-refractivity contribution in [1.29, 1.82) is 0 Å². The zero-order valence-corrected chi connectivity index (χ0v) is 21.2. The van der Waals surface area contributed by atoms with E-state index in [2.05, 4.69) is 10.6 Å². The highest BCUT2D eigenvalue weighted by atomic mass is 32.2. The molecule has 0 saturated carbocycles. The van der Waals surface area contributed by atoms with E-state index in [1.54, 1.807) is 18.2 Å². The van der Waals surface area contributed by atoms with E-state index in [4.69, 9.17) is 8.92 Å². The lowest BCUT2D eigenvalue weighted by Crippen LogP contribution is -2.20. The summed E-state index contributed by atoms with van der Waals surface area (Å²) in [6.45, 7) is 3.84. The number of hydrogen-bond acceptors (Lipinski definition) is 6. The van der Waals surface area contributed by atoms with Gasteiger partial charge in [0, 0.05) is 17.1 Å². The Balaban J connectivity index is 1.61. The standard InChI is InChI=1S/C28H26N2O6S/c1-3-17-35-27(31)24-16-13-21(18-26(24)36-37(33,34)22-14-11-19(2)12-15-22)29-28(32)30-25-10-6-8-20-7-4-5-9-23(20)25/h4-16,18H,3,17H2,1-2H3,(H2,29,30,32). The third-order valence-electron chi connectivity index (χ3n) is 5.44. The van der Waals surface area contributed by atoms with E-state index in [0.717, 1.165) is 16.3 Å². The number of nitrogens with one attached hydrogen (secondary N) is 2. The molecule has 0 spiro atoms. The van der Waals surface area contributed by atoms with Crippen LogP contribution in [0.15, 0.2) is 89.8 Å². The summed E-state index contributed by atoms with van der Waals surface area (Å²) in [5.74, 6) is -0.993. The van der Waals surface area contributed by atoms with E-state index in [9.17, 15) is 18.0 Å². The van der Waals surface area contributed by atoms with Crippen LogP contribution in [0.3, 0.4) is 0 Å². The Kier molecular flexibility index (Phi) is 7.74. The number of carbonyl (C=O) groups excluding carboxylic acids is 2. The van der Waals surface area contributed by atoms with E-state index >= 15 is 0 Å². The number of aryl methyl sites for hydroxylation is 1. The van der Waals surface area contributed by atoms with Crippen LogP contribution in [0.25, 0.3) is 10.8 Å². The van der Waals surface area contributed by atoms with Gasteiger partial charge in [-0.25, -0.2) is 9.59 Å². The molecule has 0 unspecified atom stereocenters. The van der Waals surface area contributed by atoms with Crippen LogP contribution in [0, 0.1) is 6.92 Å². The molecule has 0 aliphatic rings. The van der Waals surface area contributed by atoms with Crippen molar-refractivity contribution >= 4 is 44.3 Å². The molecule has 37 heavy (non-hydrogen) atoms. The van der Waals surface area contributed by atoms with Crippen LogP contribution in [0.5, 0.6) is 5.75 Å². The first-order chi connectivity index (χ1) is 17.8. The molecule has 0 aromatic heterocycles. The summed E-state index contributed by atoms with van der Waals surface area (Å²) in [6, 6.07) is 22.8. The number of urea groups is 1. The summed E-state index contributed by atoms with van der Waals surface area (Å²) in [5.41, 5.74) is 1.63. The summed E-state index contributed by atoms with van der Waals surface area (Å²) >= 11 is 0. The number of benzene rings is 4. The summed E-state index contributed by atoms with van der Waals surface area (Å²) < 4.78 is 36.4. The van der Waals surface area contributed by atoms with Crippen LogP contribution in [0.4, 0.5) is 16.2 Å². The molecular formula is C28H26N2O6S. The van der Waals surface area contributed by atoms with Gasteiger partial charge in [-0.15, -0.1) is 0 Å². The van der Waals surface area contributed by atoms with Gasteiger partial charge in [0.15, 0.2) is 5.75 Å². The molecule has 2 amide bonds. The number of carbonyl (C=O) groups is 2. The molecule has 4 aromatic carbocycles. The fourth-order valence-electron chi connectivity index (χ4n) is 3.60. The number of rotatable bonds is 8. The molecule has 9 heteroatoms. The Hall–Kier alpha value is -4.37. The number of amides is 2. The monoisotopic (exact) mass is 518 g/mol. The second kappa shape index (κ2) is 11.1. The van der Waals surface area contributed by atoms with Gasteiger partial charge in [-0.1, -0.05) is 61.0 Å². The fraction of sp³-hybridized carbons (Fsp3) is 0.143. The van der Waals surface area contributed by atoms with E-state index in [1.807, 2.05) is 50.2 Å². The van der Waals surface area contributed by atoms with Crippen molar-refractivity contribution in [3.8, 4) is 5.75 Å². The predicted molar refractivity (Wildman–Crippen MR) is 143 cm³/mol. The van der Waals surface area contributed by atoms with Crippen LogP contribution in [0.2, 0.25) is 0 Å². The molecule has 0 fully saturated rings. The Morgan fingerprint density at radius 3 is 2.35 bits per heavy atom. The van der Waals surface area contributed by atoms with Gasteiger partial charge < -0.3 is 19.6 Å². The molecule has 4 rings (SSSR count). The lowest BCUT2D eigenvalue weighted by Gasteiger charge is -2.14. The molecule has 0 radical (unpaired) electrons. The smallest absolute Gasteiger partial charge is 0.341 e. The van der Waals surface area contributed by atoms with Gasteiger partial charge in [-0.05, 0) is 49.1 Å². The number of hydrogen-bond donors (Lipinski definition) is 2. The second-order valence-corrected chi connectivity index (χ2v) is 9.85. The Labute approximate surface area is 215 Å². The Morgan fingerprint density at radius 1 is 0.865 bits per heavy atom. The van der Waals surface area contributed by atoms with Crippen molar-refractivity contribution in [2.75, 3.05) is 17.2 Å². The lowest BCUT2D eigenvalue weighted by molar-refractivity contribution is 0.0503. The third-order valence-corrected chi connectivity index (χ3v) is 6.69. The average Bonchev–Trinajstić information content (AvgIpc) is 2.87. The van der Waals surface area contributed by atoms with Crippen molar-refractivity contribution in [3.05, 3.63) is 96.1 Å². The Morgan fingerprint density at radius 2 is 1.59 bits per heavy atom. The zero-order valence-electron chi connectivity index (χ0n) is 20.4. The minimum atomic E-state index is -4.26. The highest BCUT2D eigenvalue weighted by Crippen LogP contribution is 2.29. The summed E-state index contributed by atoms with van der Waals surface area (Å²) in [5, 5.41) is 7.29. The van der Waals surface area contributed by atoms with Crippen molar-refractivity contribution < 1.29 is 26.9 Å². The maximum absolute atomic E-state index is 12.9. The van der Waals surface area contributed by atoms with Crippen LogP contribution in [-0.4, -0.2) is 27.0 Å². The van der Waals surface area contributed by atoms with Crippen molar-refractivity contribution in [3.63, 3.8) is 0 Å².